The van der Waals surface area contributed by atoms with Gasteiger partial charge < -0.3 is 9.47 Å². The molecule has 0 spiro atoms. The molecule has 8 aromatic rings. The van der Waals surface area contributed by atoms with Crippen LogP contribution in [0.25, 0.3) is 59.8 Å². The van der Waals surface area contributed by atoms with E-state index in [9.17, 15) is 0 Å². The van der Waals surface area contributed by atoms with Crippen molar-refractivity contribution in [2.75, 3.05) is 4.90 Å². The first kappa shape index (κ1) is 32.7. The number of hydrogen-bond donors (Lipinski definition) is 1. The zero-order chi connectivity index (χ0) is 37.6. The number of allylic oxidation sites excluding steroid dienone is 5. The van der Waals surface area contributed by atoms with Gasteiger partial charge in [-0.1, -0.05) is 159 Å². The van der Waals surface area contributed by atoms with E-state index in [1.54, 1.807) is 0 Å². The van der Waals surface area contributed by atoms with Crippen LogP contribution in [-0.2, 0) is 0 Å². The summed E-state index contributed by atoms with van der Waals surface area (Å²) >= 11 is 0. The van der Waals surface area contributed by atoms with Gasteiger partial charge in [-0.05, 0) is 80.2 Å². The van der Waals surface area contributed by atoms with E-state index in [1.165, 1.54) is 76.6 Å². The van der Waals surface area contributed by atoms with Crippen LogP contribution in [0.1, 0.15) is 36.4 Å². The number of hydrogen-bond acceptors (Lipinski definition) is 3. The highest BCUT2D eigenvalue weighted by molar-refractivity contribution is 6.22. The van der Waals surface area contributed by atoms with Gasteiger partial charge in [0.05, 0.1) is 17.1 Å². The molecule has 12 rings (SSSR count). The Morgan fingerprint density at radius 3 is 2.18 bits per heavy atom. The Morgan fingerprint density at radius 1 is 0.632 bits per heavy atom. The SMILES string of the molecule is CC1C(N2c3cc4ccccc4cc3C3C=C(n4c5ccccc5c5c6ccccc6ccc54)C=CC32)=NC(C2C=CC=CC2)NC1c1cccc2ccccc12. The molecule has 0 fully saturated rings. The summed E-state index contributed by atoms with van der Waals surface area (Å²) in [5.74, 6) is 1.67. The van der Waals surface area contributed by atoms with E-state index in [0.29, 0.717) is 0 Å². The van der Waals surface area contributed by atoms with E-state index in [2.05, 4.69) is 204 Å². The molecule has 3 heterocycles. The summed E-state index contributed by atoms with van der Waals surface area (Å²) in [7, 11) is 0. The zero-order valence-corrected chi connectivity index (χ0v) is 31.8. The molecule has 4 aliphatic rings. The zero-order valence-electron chi connectivity index (χ0n) is 31.8. The Balaban J connectivity index is 1.04. The van der Waals surface area contributed by atoms with Crippen molar-refractivity contribution < 1.29 is 0 Å². The van der Waals surface area contributed by atoms with E-state index < -0.39 is 0 Å². The van der Waals surface area contributed by atoms with Gasteiger partial charge in [-0.3, -0.25) is 10.3 Å². The highest BCUT2D eigenvalue weighted by atomic mass is 15.3. The number of fused-ring (bicyclic) bond motifs is 10. The minimum Gasteiger partial charge on any atom is -0.322 e. The van der Waals surface area contributed by atoms with Gasteiger partial charge in [0, 0.05) is 46.0 Å². The molecule has 0 saturated carbocycles. The van der Waals surface area contributed by atoms with E-state index in [1.807, 2.05) is 0 Å². The molecule has 0 amide bonds. The topological polar surface area (TPSA) is 32.6 Å². The highest BCUT2D eigenvalue weighted by Crippen LogP contribution is 2.50. The maximum absolute atomic E-state index is 5.76. The van der Waals surface area contributed by atoms with E-state index in [4.69, 9.17) is 4.99 Å². The van der Waals surface area contributed by atoms with Crippen LogP contribution >= 0.6 is 0 Å². The normalized spacial score (nSPS) is 24.1. The monoisotopic (exact) mass is 734 g/mol. The lowest BCUT2D eigenvalue weighted by Gasteiger charge is -2.43. The summed E-state index contributed by atoms with van der Waals surface area (Å²) in [6, 6.07) is 51.8. The molecule has 7 aromatic carbocycles. The number of anilines is 1. The third kappa shape index (κ3) is 5.00. The van der Waals surface area contributed by atoms with Crippen LogP contribution in [-0.4, -0.2) is 22.6 Å². The maximum Gasteiger partial charge on any atom is 0.111 e. The van der Waals surface area contributed by atoms with Crippen LogP contribution in [0.5, 0.6) is 0 Å². The molecule has 0 bridgehead atoms. The number of nitrogens with zero attached hydrogens (tertiary/aromatic N) is 3. The maximum atomic E-state index is 5.76. The van der Waals surface area contributed by atoms with Crippen LogP contribution in [0, 0.1) is 11.8 Å². The van der Waals surface area contributed by atoms with Gasteiger partial charge in [-0.15, -0.1) is 0 Å². The predicted molar refractivity (Wildman–Crippen MR) is 240 cm³/mol. The molecule has 4 nitrogen and oxygen atoms in total. The second kappa shape index (κ2) is 12.8. The lowest BCUT2D eigenvalue weighted by Crippen LogP contribution is -2.53. The lowest BCUT2D eigenvalue weighted by molar-refractivity contribution is 0.319. The molecule has 274 valence electrons. The molecule has 2 aliphatic carbocycles. The molecular weight excluding hydrogens is 693 g/mol. The quantitative estimate of drug-likeness (QED) is 0.196. The average molecular weight is 735 g/mol. The highest BCUT2D eigenvalue weighted by Gasteiger charge is 2.45. The minimum absolute atomic E-state index is 0.0598. The van der Waals surface area contributed by atoms with Crippen LogP contribution in [0.2, 0.25) is 0 Å². The Morgan fingerprint density at radius 2 is 1.35 bits per heavy atom. The van der Waals surface area contributed by atoms with Crippen molar-refractivity contribution in [2.24, 2.45) is 16.8 Å². The van der Waals surface area contributed by atoms with Crippen molar-refractivity contribution in [3.8, 4) is 0 Å². The van der Waals surface area contributed by atoms with Gasteiger partial charge in [0.2, 0.25) is 0 Å². The molecule has 0 saturated heterocycles. The molecular formula is C53H42N4. The van der Waals surface area contributed by atoms with Crippen molar-refractivity contribution in [3.05, 3.63) is 193 Å². The average Bonchev–Trinajstić information content (AvgIpc) is 3.78. The number of para-hydroxylation sites is 1. The Bertz CT molecular complexity index is 3100. The summed E-state index contributed by atoms with van der Waals surface area (Å²) in [5, 5.41) is 14.4. The van der Waals surface area contributed by atoms with Crippen LogP contribution < -0.4 is 10.2 Å². The molecule has 4 heteroatoms. The van der Waals surface area contributed by atoms with Gasteiger partial charge in [0.1, 0.15) is 12.0 Å². The van der Waals surface area contributed by atoms with Gasteiger partial charge >= 0.3 is 0 Å². The number of nitrogens with one attached hydrogen (secondary N) is 1. The molecule has 6 unspecified atom stereocenters. The summed E-state index contributed by atoms with van der Waals surface area (Å²) in [5.41, 5.74) is 7.65. The molecule has 1 N–H and O–H groups in total. The summed E-state index contributed by atoms with van der Waals surface area (Å²) in [6.45, 7) is 2.38. The number of rotatable bonds is 3. The van der Waals surface area contributed by atoms with Gasteiger partial charge in [0.25, 0.3) is 0 Å². The third-order valence-corrected chi connectivity index (χ3v) is 13.2. The minimum atomic E-state index is -0.0598. The predicted octanol–water partition coefficient (Wildman–Crippen LogP) is 12.5. The van der Waals surface area contributed by atoms with Crippen LogP contribution in [0.4, 0.5) is 5.69 Å². The molecule has 57 heavy (non-hydrogen) atoms. The molecule has 2 aliphatic heterocycles. The Kier molecular flexibility index (Phi) is 7.33. The van der Waals surface area contributed by atoms with Gasteiger partial charge in [-0.25, -0.2) is 0 Å². The summed E-state index contributed by atoms with van der Waals surface area (Å²) in [6.07, 6.45) is 17.3. The van der Waals surface area contributed by atoms with E-state index in [0.717, 1.165) is 12.3 Å². The van der Waals surface area contributed by atoms with Crippen molar-refractivity contribution in [2.45, 2.75) is 37.5 Å². The number of benzene rings is 7. The van der Waals surface area contributed by atoms with E-state index in [-0.39, 0.29) is 36.0 Å². The first-order valence-corrected chi connectivity index (χ1v) is 20.5. The van der Waals surface area contributed by atoms with Crippen molar-refractivity contribution in [1.82, 2.24) is 9.88 Å². The van der Waals surface area contributed by atoms with Gasteiger partial charge in [0.15, 0.2) is 0 Å². The summed E-state index contributed by atoms with van der Waals surface area (Å²) < 4.78 is 2.49. The van der Waals surface area contributed by atoms with Gasteiger partial charge in [-0.2, -0.15) is 0 Å². The molecule has 0 radical (unpaired) electrons. The fourth-order valence-electron chi connectivity index (χ4n) is 10.5. The van der Waals surface area contributed by atoms with Crippen LogP contribution in [0.3, 0.4) is 0 Å². The van der Waals surface area contributed by atoms with Crippen molar-refractivity contribution >= 4 is 71.3 Å². The second-order valence-electron chi connectivity index (χ2n) is 16.3. The van der Waals surface area contributed by atoms with E-state index >= 15 is 0 Å². The molecule has 6 atom stereocenters. The van der Waals surface area contributed by atoms with Crippen LogP contribution in [0.15, 0.2) is 187 Å². The number of aliphatic imine (C=N–C) groups is 1. The number of amidine groups is 1. The largest absolute Gasteiger partial charge is 0.322 e. The number of aromatic nitrogens is 1. The standard InChI is InChI=1S/C53H42N4/c1-33-51(42-24-13-20-34-14-7-9-21-40(34)42)54-52(36-16-3-2-4-17-36)55-53(33)57-47-29-27-39(32-45(47)44-30-37-18-5-6-19-38(37)31-49(44)57)56-46-25-12-11-23-43(46)50-41-22-10-8-15-35(41)26-28-48(50)56/h2-16,18-33,36,45,47,51-52,54H,17H2,1H3. The Labute approximate surface area is 332 Å². The summed E-state index contributed by atoms with van der Waals surface area (Å²) in [4.78, 5) is 8.38. The third-order valence-electron chi connectivity index (χ3n) is 13.2. The van der Waals surface area contributed by atoms with Crippen molar-refractivity contribution in [3.63, 3.8) is 0 Å². The second-order valence-corrected chi connectivity index (χ2v) is 16.3. The van der Waals surface area contributed by atoms with Crippen molar-refractivity contribution in [1.29, 1.82) is 0 Å². The first-order chi connectivity index (χ1) is 28.2. The smallest absolute Gasteiger partial charge is 0.111 e. The Hall–Kier alpha value is -6.49. The lowest BCUT2D eigenvalue weighted by atomic mass is 9.85. The fraction of sp³-hybridized carbons (Fsp3) is 0.151. The first-order valence-electron chi connectivity index (χ1n) is 20.5. The molecule has 1 aromatic heterocycles. The fourth-order valence-corrected chi connectivity index (χ4v) is 10.5.